The average Bonchev–Trinajstić information content (AvgIpc) is 2.45. The summed E-state index contributed by atoms with van der Waals surface area (Å²) in [6, 6.07) is 0.804. The van der Waals surface area contributed by atoms with Crippen molar-refractivity contribution in [2.45, 2.75) is 72.3 Å². The molecule has 1 aliphatic carbocycles. The fourth-order valence-corrected chi connectivity index (χ4v) is 4.00. The molecule has 2 heteroatoms. The highest BCUT2D eigenvalue weighted by atomic mass is 15.1. The molecule has 1 aliphatic heterocycles. The normalized spacial score (nSPS) is 30.6. The summed E-state index contributed by atoms with van der Waals surface area (Å²) in [5.74, 6) is 1.87. The zero-order chi connectivity index (χ0) is 14.6. The molecule has 0 unspecified atom stereocenters. The van der Waals surface area contributed by atoms with Crippen LogP contribution in [0.2, 0.25) is 0 Å². The minimum atomic E-state index is 0.512. The minimum absolute atomic E-state index is 0.512. The molecular weight excluding hydrogens is 244 g/mol. The molecule has 0 aromatic rings. The smallest absolute Gasteiger partial charge is 0.00673 e. The summed E-state index contributed by atoms with van der Waals surface area (Å²) in [4.78, 5) is 2.59. The highest BCUT2D eigenvalue weighted by Crippen LogP contribution is 2.37. The van der Waals surface area contributed by atoms with Crippen LogP contribution in [0.4, 0.5) is 0 Å². The third-order valence-electron chi connectivity index (χ3n) is 5.80. The maximum Gasteiger partial charge on any atom is 0.00673 e. The summed E-state index contributed by atoms with van der Waals surface area (Å²) in [6.45, 7) is 14.7. The van der Waals surface area contributed by atoms with Gasteiger partial charge in [-0.2, -0.15) is 0 Å². The van der Waals surface area contributed by atoms with Gasteiger partial charge in [0.15, 0.2) is 0 Å². The number of nitrogens with zero attached hydrogens (tertiary/aromatic N) is 1. The standard InChI is InChI=1S/C18H36N2/c1-5-20-12-10-15(11-13-20)14-19-17-8-6-16(7-9-17)18(2,3)4/h15-17,19H,5-14H2,1-4H3. The van der Waals surface area contributed by atoms with E-state index in [2.05, 4.69) is 37.9 Å². The van der Waals surface area contributed by atoms with E-state index >= 15 is 0 Å². The van der Waals surface area contributed by atoms with Crippen LogP contribution in [0.15, 0.2) is 0 Å². The van der Waals surface area contributed by atoms with Crippen LogP contribution >= 0.6 is 0 Å². The van der Waals surface area contributed by atoms with Crippen LogP contribution in [0.3, 0.4) is 0 Å². The molecule has 2 nitrogen and oxygen atoms in total. The van der Waals surface area contributed by atoms with Crippen molar-refractivity contribution in [3.05, 3.63) is 0 Å². The highest BCUT2D eigenvalue weighted by molar-refractivity contribution is 4.84. The van der Waals surface area contributed by atoms with Crippen molar-refractivity contribution < 1.29 is 0 Å². The highest BCUT2D eigenvalue weighted by Gasteiger charge is 2.29. The number of rotatable bonds is 4. The Bertz CT molecular complexity index is 266. The fraction of sp³-hybridized carbons (Fsp3) is 1.00. The van der Waals surface area contributed by atoms with Gasteiger partial charge in [0.05, 0.1) is 0 Å². The summed E-state index contributed by atoms with van der Waals surface area (Å²) >= 11 is 0. The van der Waals surface area contributed by atoms with Crippen LogP contribution in [-0.4, -0.2) is 37.1 Å². The van der Waals surface area contributed by atoms with Gasteiger partial charge in [0.2, 0.25) is 0 Å². The molecule has 0 radical (unpaired) electrons. The summed E-state index contributed by atoms with van der Waals surface area (Å²) in [6.07, 6.45) is 8.45. The van der Waals surface area contributed by atoms with E-state index in [-0.39, 0.29) is 0 Å². The molecule has 1 N–H and O–H groups in total. The number of hydrogen-bond acceptors (Lipinski definition) is 2. The van der Waals surface area contributed by atoms with Crippen molar-refractivity contribution in [1.82, 2.24) is 10.2 Å². The summed E-state index contributed by atoms with van der Waals surface area (Å²) in [5.41, 5.74) is 0.512. The number of likely N-dealkylation sites (tertiary alicyclic amines) is 1. The van der Waals surface area contributed by atoms with E-state index in [1.165, 1.54) is 64.7 Å². The van der Waals surface area contributed by atoms with E-state index in [4.69, 9.17) is 0 Å². The Labute approximate surface area is 126 Å². The monoisotopic (exact) mass is 280 g/mol. The van der Waals surface area contributed by atoms with Crippen LogP contribution < -0.4 is 5.32 Å². The van der Waals surface area contributed by atoms with E-state index in [0.717, 1.165) is 17.9 Å². The predicted octanol–water partition coefficient (Wildman–Crippen LogP) is 3.91. The van der Waals surface area contributed by atoms with Crippen molar-refractivity contribution in [3.8, 4) is 0 Å². The lowest BCUT2D eigenvalue weighted by Crippen LogP contribution is -2.41. The second-order valence-corrected chi connectivity index (χ2v) is 8.20. The SMILES string of the molecule is CCN1CCC(CNC2CCC(C(C)(C)C)CC2)CC1. The zero-order valence-electron chi connectivity index (χ0n) is 14.3. The second-order valence-electron chi connectivity index (χ2n) is 8.20. The lowest BCUT2D eigenvalue weighted by molar-refractivity contribution is 0.151. The molecule has 1 saturated carbocycles. The van der Waals surface area contributed by atoms with Crippen molar-refractivity contribution in [3.63, 3.8) is 0 Å². The molecule has 2 aliphatic rings. The molecule has 2 rings (SSSR count). The molecule has 0 spiro atoms. The summed E-state index contributed by atoms with van der Waals surface area (Å²) < 4.78 is 0. The van der Waals surface area contributed by atoms with Gasteiger partial charge in [0, 0.05) is 6.04 Å². The molecule has 20 heavy (non-hydrogen) atoms. The Balaban J connectivity index is 1.62. The first-order valence-corrected chi connectivity index (χ1v) is 8.94. The first kappa shape index (κ1) is 16.3. The summed E-state index contributed by atoms with van der Waals surface area (Å²) in [5, 5.41) is 3.88. The van der Waals surface area contributed by atoms with Gasteiger partial charge in [-0.1, -0.05) is 27.7 Å². The molecule has 1 heterocycles. The van der Waals surface area contributed by atoms with Gasteiger partial charge < -0.3 is 10.2 Å². The second kappa shape index (κ2) is 7.26. The molecule has 0 bridgehead atoms. The first-order valence-electron chi connectivity index (χ1n) is 8.94. The third kappa shape index (κ3) is 4.73. The minimum Gasteiger partial charge on any atom is -0.314 e. The predicted molar refractivity (Wildman–Crippen MR) is 88.0 cm³/mol. The van der Waals surface area contributed by atoms with Gasteiger partial charge in [0.25, 0.3) is 0 Å². The van der Waals surface area contributed by atoms with Crippen LogP contribution in [0, 0.1) is 17.3 Å². The quantitative estimate of drug-likeness (QED) is 0.840. The van der Waals surface area contributed by atoms with E-state index in [1.54, 1.807) is 0 Å². The van der Waals surface area contributed by atoms with E-state index < -0.39 is 0 Å². The molecule has 0 amide bonds. The molecule has 1 saturated heterocycles. The average molecular weight is 280 g/mol. The van der Waals surface area contributed by atoms with Crippen molar-refractivity contribution >= 4 is 0 Å². The Hall–Kier alpha value is -0.0800. The maximum atomic E-state index is 3.88. The largest absolute Gasteiger partial charge is 0.314 e. The van der Waals surface area contributed by atoms with Crippen LogP contribution in [-0.2, 0) is 0 Å². The summed E-state index contributed by atoms with van der Waals surface area (Å²) in [7, 11) is 0. The van der Waals surface area contributed by atoms with Gasteiger partial charge in [-0.05, 0) is 82.0 Å². The first-order chi connectivity index (χ1) is 9.49. The fourth-order valence-electron chi connectivity index (χ4n) is 4.00. The lowest BCUT2D eigenvalue weighted by Gasteiger charge is -2.38. The third-order valence-corrected chi connectivity index (χ3v) is 5.80. The van der Waals surface area contributed by atoms with Gasteiger partial charge in [-0.3, -0.25) is 0 Å². The van der Waals surface area contributed by atoms with Crippen LogP contribution in [0.5, 0.6) is 0 Å². The van der Waals surface area contributed by atoms with Gasteiger partial charge in [-0.15, -0.1) is 0 Å². The van der Waals surface area contributed by atoms with Gasteiger partial charge >= 0.3 is 0 Å². The zero-order valence-corrected chi connectivity index (χ0v) is 14.3. The Kier molecular flexibility index (Phi) is 5.92. The maximum absolute atomic E-state index is 3.88. The lowest BCUT2D eigenvalue weighted by atomic mass is 9.71. The molecular formula is C18H36N2. The Morgan fingerprint density at radius 2 is 1.55 bits per heavy atom. The van der Waals surface area contributed by atoms with Crippen molar-refractivity contribution in [2.24, 2.45) is 17.3 Å². The van der Waals surface area contributed by atoms with E-state index in [0.29, 0.717) is 5.41 Å². The molecule has 0 aromatic heterocycles. The van der Waals surface area contributed by atoms with Crippen molar-refractivity contribution in [1.29, 1.82) is 0 Å². The van der Waals surface area contributed by atoms with Crippen LogP contribution in [0.25, 0.3) is 0 Å². The Morgan fingerprint density at radius 1 is 0.950 bits per heavy atom. The molecule has 0 aromatic carbocycles. The van der Waals surface area contributed by atoms with Crippen molar-refractivity contribution in [2.75, 3.05) is 26.2 Å². The molecule has 2 fully saturated rings. The number of nitrogens with one attached hydrogen (secondary N) is 1. The van der Waals surface area contributed by atoms with E-state index in [9.17, 15) is 0 Å². The van der Waals surface area contributed by atoms with Crippen LogP contribution in [0.1, 0.15) is 66.2 Å². The number of hydrogen-bond donors (Lipinski definition) is 1. The van der Waals surface area contributed by atoms with E-state index in [1.807, 2.05) is 0 Å². The van der Waals surface area contributed by atoms with Gasteiger partial charge in [-0.25, -0.2) is 0 Å². The molecule has 0 atom stereocenters. The van der Waals surface area contributed by atoms with Gasteiger partial charge in [0.1, 0.15) is 0 Å². The number of piperidine rings is 1. The topological polar surface area (TPSA) is 15.3 Å². The molecule has 118 valence electrons. The Morgan fingerprint density at radius 3 is 2.05 bits per heavy atom.